The van der Waals surface area contributed by atoms with Gasteiger partial charge in [0.25, 0.3) is 5.91 Å². The molecule has 2 atom stereocenters. The molecule has 24 heavy (non-hydrogen) atoms. The largest absolute Gasteiger partial charge is 0.399 e. The third-order valence-corrected chi connectivity index (χ3v) is 4.76. The number of nitrogens with two attached hydrogens (primary N) is 1. The second-order valence-electron chi connectivity index (χ2n) is 6.06. The first-order chi connectivity index (χ1) is 11.6. The van der Waals surface area contributed by atoms with Crippen LogP contribution in [0, 0.1) is 11.3 Å². The van der Waals surface area contributed by atoms with Crippen LogP contribution >= 0.6 is 0 Å². The number of para-hydroxylation sites is 1. The molecule has 0 saturated carbocycles. The minimum Gasteiger partial charge on any atom is -0.399 e. The molecule has 4 rings (SSSR count). The predicted molar refractivity (Wildman–Crippen MR) is 93.4 cm³/mol. The summed E-state index contributed by atoms with van der Waals surface area (Å²) in [6.07, 6.45) is 1.78. The van der Waals surface area contributed by atoms with Gasteiger partial charge in [-0.05, 0) is 36.4 Å². The molecule has 0 saturated heterocycles. The molecular formula is C19H16N4O. The van der Waals surface area contributed by atoms with Gasteiger partial charge in [-0.2, -0.15) is 5.26 Å². The predicted octanol–water partition coefficient (Wildman–Crippen LogP) is 2.63. The average molecular weight is 316 g/mol. The summed E-state index contributed by atoms with van der Waals surface area (Å²) in [7, 11) is 1.99. The fourth-order valence-electron chi connectivity index (χ4n) is 3.61. The van der Waals surface area contributed by atoms with Gasteiger partial charge in [0.2, 0.25) is 0 Å². The lowest BCUT2D eigenvalue weighted by atomic mass is 9.93. The van der Waals surface area contributed by atoms with Gasteiger partial charge in [0.15, 0.2) is 0 Å². The Kier molecular flexibility index (Phi) is 3.07. The molecule has 2 aliphatic heterocycles. The number of nitrogen functional groups attached to an aromatic ring is 1. The molecule has 2 unspecified atom stereocenters. The van der Waals surface area contributed by atoms with Crippen molar-refractivity contribution < 1.29 is 4.79 Å². The van der Waals surface area contributed by atoms with Gasteiger partial charge in [-0.15, -0.1) is 0 Å². The second-order valence-corrected chi connectivity index (χ2v) is 6.06. The maximum absolute atomic E-state index is 12.9. The first-order valence-corrected chi connectivity index (χ1v) is 7.74. The van der Waals surface area contributed by atoms with Crippen molar-refractivity contribution in [3.8, 4) is 6.07 Å². The third kappa shape index (κ3) is 1.90. The maximum atomic E-state index is 12.9. The van der Waals surface area contributed by atoms with E-state index in [-0.39, 0.29) is 23.6 Å². The zero-order chi connectivity index (χ0) is 16.8. The Morgan fingerprint density at radius 1 is 1.12 bits per heavy atom. The van der Waals surface area contributed by atoms with Gasteiger partial charge in [0.05, 0.1) is 12.1 Å². The Balaban J connectivity index is 1.92. The van der Waals surface area contributed by atoms with Gasteiger partial charge >= 0.3 is 0 Å². The van der Waals surface area contributed by atoms with Crippen LogP contribution in [0.25, 0.3) is 0 Å². The van der Waals surface area contributed by atoms with E-state index in [0.717, 1.165) is 16.9 Å². The highest BCUT2D eigenvalue weighted by molar-refractivity contribution is 6.10. The molecule has 1 amide bonds. The van der Waals surface area contributed by atoms with Crippen LogP contribution in [0.5, 0.6) is 0 Å². The zero-order valence-corrected chi connectivity index (χ0v) is 13.2. The lowest BCUT2D eigenvalue weighted by Crippen LogP contribution is -2.46. The molecule has 0 aliphatic carbocycles. The number of benzene rings is 2. The number of carbonyl (C=O) groups excluding carboxylic acids is 1. The first kappa shape index (κ1) is 14.3. The summed E-state index contributed by atoms with van der Waals surface area (Å²) in [6.45, 7) is 0. The van der Waals surface area contributed by atoms with Gasteiger partial charge in [-0.1, -0.05) is 18.2 Å². The van der Waals surface area contributed by atoms with Crippen LogP contribution < -0.4 is 15.5 Å². The monoisotopic (exact) mass is 316 g/mol. The molecule has 5 heteroatoms. The quantitative estimate of drug-likeness (QED) is 0.821. The Labute approximate surface area is 140 Å². The standard InChI is InChI=1S/C19H16N4O/c1-22-16-5-3-2-4-15(16)18-17(22)10-12(11-20)19(24)23(18)14-8-6-13(21)7-9-14/h2-10,17-18H,21H2,1H3. The van der Waals surface area contributed by atoms with E-state index in [0.29, 0.717) is 5.69 Å². The molecule has 0 aromatic heterocycles. The Morgan fingerprint density at radius 3 is 2.54 bits per heavy atom. The molecule has 0 fully saturated rings. The smallest absolute Gasteiger partial charge is 0.269 e. The van der Waals surface area contributed by atoms with E-state index in [1.165, 1.54) is 0 Å². The van der Waals surface area contributed by atoms with Crippen molar-refractivity contribution >= 4 is 23.0 Å². The summed E-state index contributed by atoms with van der Waals surface area (Å²) < 4.78 is 0. The van der Waals surface area contributed by atoms with Crippen LogP contribution in [0.2, 0.25) is 0 Å². The molecular weight excluding hydrogens is 300 g/mol. The number of fused-ring (bicyclic) bond motifs is 3. The molecule has 0 bridgehead atoms. The number of nitriles is 1. The molecule has 2 N–H and O–H groups in total. The molecule has 2 aromatic rings. The van der Waals surface area contributed by atoms with Gasteiger partial charge in [0.1, 0.15) is 11.6 Å². The number of carbonyl (C=O) groups is 1. The van der Waals surface area contributed by atoms with E-state index in [1.54, 1.807) is 23.1 Å². The fraction of sp³-hybridized carbons (Fsp3) is 0.158. The van der Waals surface area contributed by atoms with Crippen molar-refractivity contribution in [3.63, 3.8) is 0 Å². The minimum absolute atomic E-state index is 0.0627. The van der Waals surface area contributed by atoms with Crippen molar-refractivity contribution in [2.75, 3.05) is 22.6 Å². The zero-order valence-electron chi connectivity index (χ0n) is 13.2. The summed E-state index contributed by atoms with van der Waals surface area (Å²) in [6, 6.07) is 17.1. The number of likely N-dealkylation sites (N-methyl/N-ethyl adjacent to an activating group) is 1. The van der Waals surface area contributed by atoms with Crippen LogP contribution in [0.3, 0.4) is 0 Å². The van der Waals surface area contributed by atoms with Crippen LogP contribution in [-0.2, 0) is 4.79 Å². The second kappa shape index (κ2) is 5.14. The van der Waals surface area contributed by atoms with Crippen LogP contribution in [0.4, 0.5) is 17.1 Å². The number of anilines is 3. The Hall–Kier alpha value is -3.26. The van der Waals surface area contributed by atoms with Crippen molar-refractivity contribution in [1.29, 1.82) is 5.26 Å². The number of hydrogen-bond acceptors (Lipinski definition) is 4. The highest BCUT2D eigenvalue weighted by atomic mass is 16.2. The highest BCUT2D eigenvalue weighted by Gasteiger charge is 2.45. The van der Waals surface area contributed by atoms with Crippen LogP contribution in [0.15, 0.2) is 60.2 Å². The van der Waals surface area contributed by atoms with Crippen molar-refractivity contribution in [3.05, 3.63) is 65.7 Å². The van der Waals surface area contributed by atoms with E-state index in [2.05, 4.69) is 4.90 Å². The summed E-state index contributed by atoms with van der Waals surface area (Å²) in [5, 5.41) is 9.39. The van der Waals surface area contributed by atoms with Gasteiger partial charge in [-0.25, -0.2) is 0 Å². The van der Waals surface area contributed by atoms with Crippen LogP contribution in [-0.4, -0.2) is 19.0 Å². The number of amides is 1. The summed E-state index contributed by atoms with van der Waals surface area (Å²) in [5.74, 6) is -0.270. The topological polar surface area (TPSA) is 73.4 Å². The van der Waals surface area contributed by atoms with E-state index in [4.69, 9.17) is 5.73 Å². The fourth-order valence-corrected chi connectivity index (χ4v) is 3.61. The van der Waals surface area contributed by atoms with E-state index >= 15 is 0 Å². The average Bonchev–Trinajstić information content (AvgIpc) is 2.88. The maximum Gasteiger partial charge on any atom is 0.269 e. The van der Waals surface area contributed by atoms with Crippen molar-refractivity contribution in [1.82, 2.24) is 0 Å². The molecule has 5 nitrogen and oxygen atoms in total. The van der Waals surface area contributed by atoms with Gasteiger partial charge in [0, 0.05) is 29.7 Å². The lowest BCUT2D eigenvalue weighted by Gasteiger charge is -2.37. The van der Waals surface area contributed by atoms with Crippen LogP contribution in [0.1, 0.15) is 11.6 Å². The molecule has 118 valence electrons. The summed E-state index contributed by atoms with van der Waals surface area (Å²) in [4.78, 5) is 16.7. The molecule has 2 aliphatic rings. The van der Waals surface area contributed by atoms with Crippen molar-refractivity contribution in [2.45, 2.75) is 12.1 Å². The SMILES string of the molecule is CN1c2ccccc2C2C1C=C(C#N)C(=O)N2c1ccc(N)cc1. The van der Waals surface area contributed by atoms with E-state index in [9.17, 15) is 10.1 Å². The number of nitrogens with zero attached hydrogens (tertiary/aromatic N) is 3. The summed E-state index contributed by atoms with van der Waals surface area (Å²) in [5.41, 5.74) is 9.50. The third-order valence-electron chi connectivity index (χ3n) is 4.76. The highest BCUT2D eigenvalue weighted by Crippen LogP contribution is 2.46. The Bertz CT molecular complexity index is 894. The van der Waals surface area contributed by atoms with E-state index < -0.39 is 0 Å². The first-order valence-electron chi connectivity index (χ1n) is 7.74. The van der Waals surface area contributed by atoms with E-state index in [1.807, 2.05) is 49.5 Å². The normalized spacial score (nSPS) is 21.8. The number of hydrogen-bond donors (Lipinski definition) is 1. The molecule has 0 spiro atoms. The summed E-state index contributed by atoms with van der Waals surface area (Å²) >= 11 is 0. The van der Waals surface area contributed by atoms with Gasteiger partial charge in [-0.3, -0.25) is 9.69 Å². The van der Waals surface area contributed by atoms with Crippen molar-refractivity contribution in [2.24, 2.45) is 0 Å². The molecule has 2 aromatic carbocycles. The van der Waals surface area contributed by atoms with Gasteiger partial charge < -0.3 is 10.6 Å². The lowest BCUT2D eigenvalue weighted by molar-refractivity contribution is -0.115. The minimum atomic E-state index is -0.270. The molecule has 0 radical (unpaired) electrons. The number of rotatable bonds is 1. The molecule has 2 heterocycles. The Morgan fingerprint density at radius 2 is 1.83 bits per heavy atom.